The fraction of sp³-hybridized carbons (Fsp3) is 0.857. The Morgan fingerprint density at radius 1 is 1.47 bits per heavy atom. The lowest BCUT2D eigenvalue weighted by atomic mass is 9.99. The molecule has 2 atom stereocenters. The van der Waals surface area contributed by atoms with Gasteiger partial charge in [-0.15, -0.1) is 0 Å². The summed E-state index contributed by atoms with van der Waals surface area (Å²) < 4.78 is 5.25. The van der Waals surface area contributed by atoms with E-state index in [0.717, 1.165) is 43.7 Å². The Hall–Kier alpha value is -0.940. The van der Waals surface area contributed by atoms with Gasteiger partial charge in [-0.25, -0.2) is 0 Å². The van der Waals surface area contributed by atoms with Crippen LogP contribution >= 0.6 is 0 Å². The van der Waals surface area contributed by atoms with E-state index >= 15 is 0 Å². The van der Waals surface area contributed by atoms with E-state index in [1.807, 2.05) is 6.92 Å². The molecule has 0 amide bonds. The third-order valence-corrected chi connectivity index (χ3v) is 3.75. The summed E-state index contributed by atoms with van der Waals surface area (Å²) >= 11 is 0. The van der Waals surface area contributed by atoms with E-state index in [0.29, 0.717) is 12.1 Å². The average molecular weight is 266 g/mol. The van der Waals surface area contributed by atoms with Gasteiger partial charge >= 0.3 is 0 Å². The lowest BCUT2D eigenvalue weighted by molar-refractivity contribution is 0.0987. The molecule has 1 fully saturated rings. The average Bonchev–Trinajstić information content (AvgIpc) is 2.74. The first-order chi connectivity index (χ1) is 9.08. The van der Waals surface area contributed by atoms with Gasteiger partial charge in [-0.05, 0) is 25.7 Å². The topological polar surface area (TPSA) is 54.2 Å². The van der Waals surface area contributed by atoms with Gasteiger partial charge in [-0.3, -0.25) is 4.90 Å². The number of nitrogens with one attached hydrogen (secondary N) is 1. The van der Waals surface area contributed by atoms with Gasteiger partial charge in [0.1, 0.15) is 0 Å². The van der Waals surface area contributed by atoms with Crippen LogP contribution in [0.15, 0.2) is 4.52 Å². The van der Waals surface area contributed by atoms with E-state index in [2.05, 4.69) is 41.1 Å². The van der Waals surface area contributed by atoms with Crippen molar-refractivity contribution >= 4 is 0 Å². The zero-order valence-corrected chi connectivity index (χ0v) is 12.5. The summed E-state index contributed by atoms with van der Waals surface area (Å²) in [6.45, 7) is 11.6. The molecule has 5 heteroatoms. The van der Waals surface area contributed by atoms with Crippen LogP contribution in [0.1, 0.15) is 45.3 Å². The van der Waals surface area contributed by atoms with Gasteiger partial charge in [0.15, 0.2) is 5.82 Å². The van der Waals surface area contributed by atoms with Crippen molar-refractivity contribution in [2.75, 3.05) is 13.1 Å². The van der Waals surface area contributed by atoms with E-state index in [1.54, 1.807) is 0 Å². The molecule has 0 bridgehead atoms. The first-order valence-electron chi connectivity index (χ1n) is 7.35. The number of nitrogens with zero attached hydrogens (tertiary/aromatic N) is 3. The van der Waals surface area contributed by atoms with Gasteiger partial charge in [0, 0.05) is 25.2 Å². The van der Waals surface area contributed by atoms with Crippen LogP contribution in [-0.2, 0) is 6.54 Å². The zero-order valence-electron chi connectivity index (χ0n) is 12.5. The van der Waals surface area contributed by atoms with Crippen LogP contribution in [0.3, 0.4) is 0 Å². The first-order valence-corrected chi connectivity index (χ1v) is 7.35. The number of piperazine rings is 1. The van der Waals surface area contributed by atoms with E-state index in [9.17, 15) is 0 Å². The molecule has 1 N–H and O–H groups in total. The molecule has 5 nitrogen and oxygen atoms in total. The number of hydrogen-bond donors (Lipinski definition) is 1. The molecule has 108 valence electrons. The Balaban J connectivity index is 1.97. The third-order valence-electron chi connectivity index (χ3n) is 3.75. The van der Waals surface area contributed by atoms with Gasteiger partial charge in [0.2, 0.25) is 5.89 Å². The van der Waals surface area contributed by atoms with E-state index in [4.69, 9.17) is 4.52 Å². The molecular weight excluding hydrogens is 240 g/mol. The quantitative estimate of drug-likeness (QED) is 0.883. The fourth-order valence-electron chi connectivity index (χ4n) is 2.83. The van der Waals surface area contributed by atoms with Crippen LogP contribution < -0.4 is 5.32 Å². The molecule has 2 unspecified atom stereocenters. The highest BCUT2D eigenvalue weighted by Gasteiger charge is 2.28. The normalized spacial score (nSPS) is 25.1. The predicted octanol–water partition coefficient (Wildman–Crippen LogP) is 1.98. The third kappa shape index (κ3) is 4.01. The fourth-order valence-corrected chi connectivity index (χ4v) is 2.83. The molecule has 0 aliphatic carbocycles. The molecule has 0 aromatic carbocycles. The predicted molar refractivity (Wildman–Crippen MR) is 74.8 cm³/mol. The first kappa shape index (κ1) is 14.5. The zero-order chi connectivity index (χ0) is 13.8. The molecule has 1 aliphatic rings. The molecule has 0 spiro atoms. The highest BCUT2D eigenvalue weighted by Crippen LogP contribution is 2.17. The smallest absolute Gasteiger partial charge is 0.240 e. The van der Waals surface area contributed by atoms with E-state index in [1.165, 1.54) is 6.42 Å². The van der Waals surface area contributed by atoms with Crippen molar-refractivity contribution in [1.82, 2.24) is 20.4 Å². The summed E-state index contributed by atoms with van der Waals surface area (Å²) in [6, 6.07) is 1.14. The lowest BCUT2D eigenvalue weighted by Gasteiger charge is -2.40. The maximum Gasteiger partial charge on any atom is 0.240 e. The number of aryl methyl sites for hydroxylation is 1. The van der Waals surface area contributed by atoms with Crippen molar-refractivity contribution < 1.29 is 4.52 Å². The molecule has 1 aliphatic heterocycles. The molecule has 2 rings (SSSR count). The van der Waals surface area contributed by atoms with Crippen LogP contribution in [0.2, 0.25) is 0 Å². The van der Waals surface area contributed by atoms with Gasteiger partial charge < -0.3 is 9.84 Å². The summed E-state index contributed by atoms with van der Waals surface area (Å²) in [7, 11) is 0. The monoisotopic (exact) mass is 266 g/mol. The Kier molecular flexibility index (Phi) is 4.93. The van der Waals surface area contributed by atoms with Crippen LogP contribution in [-0.4, -0.2) is 40.2 Å². The SMILES string of the molecule is CCC1CNC(CC(C)C)CN1Cc1nc(C)no1. The second kappa shape index (κ2) is 6.48. The highest BCUT2D eigenvalue weighted by atomic mass is 16.5. The van der Waals surface area contributed by atoms with Crippen molar-refractivity contribution in [1.29, 1.82) is 0 Å². The van der Waals surface area contributed by atoms with Crippen molar-refractivity contribution in [2.24, 2.45) is 5.92 Å². The standard InChI is InChI=1S/C14H26N4O/c1-5-13-7-15-12(6-10(2)3)8-18(13)9-14-16-11(4)17-19-14/h10,12-13,15H,5-9H2,1-4H3. The molecule has 1 aromatic heterocycles. The summed E-state index contributed by atoms with van der Waals surface area (Å²) in [5.74, 6) is 2.18. The van der Waals surface area contributed by atoms with Crippen LogP contribution in [0.5, 0.6) is 0 Å². The molecule has 1 aromatic rings. The summed E-state index contributed by atoms with van der Waals surface area (Å²) in [6.07, 6.45) is 2.37. The van der Waals surface area contributed by atoms with E-state index in [-0.39, 0.29) is 0 Å². The van der Waals surface area contributed by atoms with Gasteiger partial charge in [-0.1, -0.05) is 25.9 Å². The summed E-state index contributed by atoms with van der Waals surface area (Å²) in [5.41, 5.74) is 0. The van der Waals surface area contributed by atoms with Crippen LogP contribution in [0.4, 0.5) is 0 Å². The van der Waals surface area contributed by atoms with Crippen molar-refractivity contribution in [3.8, 4) is 0 Å². The van der Waals surface area contributed by atoms with Crippen molar-refractivity contribution in [3.05, 3.63) is 11.7 Å². The maximum atomic E-state index is 5.25. The number of hydrogen-bond acceptors (Lipinski definition) is 5. The van der Waals surface area contributed by atoms with Crippen molar-refractivity contribution in [3.63, 3.8) is 0 Å². The second-order valence-electron chi connectivity index (χ2n) is 5.96. The van der Waals surface area contributed by atoms with Gasteiger partial charge in [0.25, 0.3) is 0 Å². The molecule has 0 radical (unpaired) electrons. The molecule has 1 saturated heterocycles. The van der Waals surface area contributed by atoms with Gasteiger partial charge in [-0.2, -0.15) is 4.98 Å². The Labute approximate surface area is 115 Å². The molecule has 19 heavy (non-hydrogen) atoms. The van der Waals surface area contributed by atoms with Crippen LogP contribution in [0, 0.1) is 12.8 Å². The minimum Gasteiger partial charge on any atom is -0.338 e. The van der Waals surface area contributed by atoms with Crippen molar-refractivity contribution in [2.45, 2.75) is 59.2 Å². The number of rotatable bonds is 5. The molecule has 0 saturated carbocycles. The minimum absolute atomic E-state index is 0.565. The Morgan fingerprint density at radius 3 is 2.84 bits per heavy atom. The number of aromatic nitrogens is 2. The largest absolute Gasteiger partial charge is 0.338 e. The van der Waals surface area contributed by atoms with Gasteiger partial charge in [0.05, 0.1) is 6.54 Å². The molecule has 2 heterocycles. The highest BCUT2D eigenvalue weighted by molar-refractivity contribution is 4.90. The lowest BCUT2D eigenvalue weighted by Crippen LogP contribution is -2.56. The molecular formula is C14H26N4O. The summed E-state index contributed by atoms with van der Waals surface area (Å²) in [5, 5.41) is 7.54. The maximum absolute atomic E-state index is 5.25. The second-order valence-corrected chi connectivity index (χ2v) is 5.96. The van der Waals surface area contributed by atoms with Crippen LogP contribution in [0.25, 0.3) is 0 Å². The van der Waals surface area contributed by atoms with E-state index < -0.39 is 0 Å². The Bertz CT molecular complexity index is 391. The minimum atomic E-state index is 0.565. The Morgan fingerprint density at radius 2 is 2.26 bits per heavy atom. The summed E-state index contributed by atoms with van der Waals surface area (Å²) in [4.78, 5) is 6.80.